The van der Waals surface area contributed by atoms with Gasteiger partial charge in [-0.1, -0.05) is 23.7 Å². The molecule has 3 rings (SSSR count). The fourth-order valence-electron chi connectivity index (χ4n) is 3.92. The van der Waals surface area contributed by atoms with Crippen molar-refractivity contribution in [1.82, 2.24) is 20.1 Å². The molecule has 0 radical (unpaired) electrons. The second kappa shape index (κ2) is 11.7. The predicted octanol–water partition coefficient (Wildman–Crippen LogP) is 3.65. The van der Waals surface area contributed by atoms with Gasteiger partial charge in [0.2, 0.25) is 5.91 Å². The van der Waals surface area contributed by atoms with E-state index >= 15 is 0 Å². The highest BCUT2D eigenvalue weighted by Crippen LogP contribution is 2.24. The van der Waals surface area contributed by atoms with E-state index in [1.807, 2.05) is 18.2 Å². The number of rotatable bonds is 7. The molecule has 0 aliphatic carbocycles. The van der Waals surface area contributed by atoms with E-state index in [9.17, 15) is 14.4 Å². The molecule has 1 fully saturated rings. The first kappa shape index (κ1) is 27.4. The van der Waals surface area contributed by atoms with Crippen LogP contribution in [-0.2, 0) is 27.4 Å². The number of pyridine rings is 1. The Morgan fingerprint density at radius 3 is 2.58 bits per heavy atom. The number of urea groups is 1. The van der Waals surface area contributed by atoms with E-state index in [0.29, 0.717) is 35.7 Å². The van der Waals surface area contributed by atoms with E-state index in [1.165, 1.54) is 11.0 Å². The number of likely N-dealkylation sites (tertiary alicyclic amines) is 1. The van der Waals surface area contributed by atoms with Crippen molar-refractivity contribution in [2.75, 3.05) is 20.7 Å². The Morgan fingerprint density at radius 1 is 1.22 bits per heavy atom. The Balaban J connectivity index is 1.64. The number of amides is 3. The van der Waals surface area contributed by atoms with Gasteiger partial charge in [0.25, 0.3) is 0 Å². The zero-order chi connectivity index (χ0) is 26.5. The number of carbonyl (C=O) groups is 3. The summed E-state index contributed by atoms with van der Waals surface area (Å²) in [5, 5.41) is 3.17. The normalized spacial score (nSPS) is 17.6. The van der Waals surface area contributed by atoms with Crippen LogP contribution in [0.5, 0.6) is 0 Å². The minimum absolute atomic E-state index is 0.130. The van der Waals surface area contributed by atoms with E-state index in [1.54, 1.807) is 58.2 Å². The van der Waals surface area contributed by atoms with Crippen LogP contribution in [0.15, 0.2) is 42.6 Å². The Morgan fingerprint density at radius 2 is 1.97 bits per heavy atom. The Hall–Kier alpha value is -3.17. The summed E-state index contributed by atoms with van der Waals surface area (Å²) >= 11 is 6.37. The summed E-state index contributed by atoms with van der Waals surface area (Å²) < 4.78 is 10.8. The number of esters is 1. The summed E-state index contributed by atoms with van der Waals surface area (Å²) in [4.78, 5) is 45.9. The number of hydrogen-bond donors (Lipinski definition) is 1. The molecule has 0 saturated carbocycles. The maximum absolute atomic E-state index is 13.2. The minimum Gasteiger partial charge on any atom is -0.456 e. The van der Waals surface area contributed by atoms with Gasteiger partial charge in [0.05, 0.1) is 23.9 Å². The molecule has 1 aromatic heterocycles. The van der Waals surface area contributed by atoms with Crippen LogP contribution in [0.3, 0.4) is 0 Å². The van der Waals surface area contributed by atoms with Crippen LogP contribution in [0.4, 0.5) is 4.79 Å². The van der Waals surface area contributed by atoms with Gasteiger partial charge in [-0.25, -0.2) is 9.59 Å². The molecule has 1 aliphatic heterocycles. The SMILES string of the molecule is COC1C[C@@H](C(=O)N(C)Cc2ccccn2)N(C(=O)NCc2ccc(C(=O)OC(C)(C)C)cc2Cl)C1. The molecule has 2 aromatic rings. The number of likely N-dealkylation sites (N-methyl/N-ethyl adjacent to an activating group) is 1. The Bertz CT molecular complexity index is 1090. The van der Waals surface area contributed by atoms with E-state index in [-0.39, 0.29) is 18.6 Å². The van der Waals surface area contributed by atoms with Crippen molar-refractivity contribution >= 4 is 29.5 Å². The molecule has 0 spiro atoms. The molecule has 194 valence electrons. The lowest BCUT2D eigenvalue weighted by atomic mass is 10.1. The van der Waals surface area contributed by atoms with Crippen molar-refractivity contribution in [3.63, 3.8) is 0 Å². The molecule has 0 bridgehead atoms. The third-order valence-corrected chi connectivity index (χ3v) is 6.11. The summed E-state index contributed by atoms with van der Waals surface area (Å²) in [7, 11) is 3.26. The first-order chi connectivity index (χ1) is 17.0. The number of halogens is 1. The topological polar surface area (TPSA) is 101 Å². The van der Waals surface area contributed by atoms with Crippen LogP contribution in [0.1, 0.15) is 48.8 Å². The molecule has 1 N–H and O–H groups in total. The Kier molecular flexibility index (Phi) is 8.92. The maximum atomic E-state index is 13.2. The van der Waals surface area contributed by atoms with Crippen molar-refractivity contribution in [1.29, 1.82) is 0 Å². The molecule has 2 heterocycles. The number of hydrogen-bond acceptors (Lipinski definition) is 6. The number of nitrogens with one attached hydrogen (secondary N) is 1. The summed E-state index contributed by atoms with van der Waals surface area (Å²) in [6, 6.07) is 9.27. The monoisotopic (exact) mass is 516 g/mol. The standard InChI is InChI=1S/C26H33ClN4O5/c1-26(2,3)36-24(33)17-9-10-18(21(27)12-17)14-29-25(34)31-16-20(35-5)13-22(31)23(32)30(4)15-19-8-6-7-11-28-19/h6-12,20,22H,13-16H2,1-5H3,(H,29,34)/t20?,22-/m0/s1. The van der Waals surface area contributed by atoms with Crippen molar-refractivity contribution in [3.05, 3.63) is 64.4 Å². The van der Waals surface area contributed by atoms with Gasteiger partial charge >= 0.3 is 12.0 Å². The van der Waals surface area contributed by atoms with Crippen LogP contribution in [0.2, 0.25) is 5.02 Å². The third-order valence-electron chi connectivity index (χ3n) is 5.76. The molecular formula is C26H33ClN4O5. The second-order valence-electron chi connectivity index (χ2n) is 9.74. The van der Waals surface area contributed by atoms with E-state index in [2.05, 4.69) is 10.3 Å². The molecule has 1 saturated heterocycles. The summed E-state index contributed by atoms with van der Waals surface area (Å²) in [5.41, 5.74) is 1.10. The van der Waals surface area contributed by atoms with Gasteiger partial charge in [-0.15, -0.1) is 0 Å². The molecule has 9 nitrogen and oxygen atoms in total. The number of carbonyl (C=O) groups excluding carboxylic acids is 3. The van der Waals surface area contributed by atoms with Crippen molar-refractivity contribution in [2.45, 2.75) is 58.0 Å². The Labute approximate surface area is 216 Å². The zero-order valence-electron chi connectivity index (χ0n) is 21.3. The lowest BCUT2D eigenvalue weighted by Gasteiger charge is -2.28. The average molecular weight is 517 g/mol. The van der Waals surface area contributed by atoms with Crippen molar-refractivity contribution < 1.29 is 23.9 Å². The van der Waals surface area contributed by atoms with E-state index in [4.69, 9.17) is 21.1 Å². The lowest BCUT2D eigenvalue weighted by Crippen LogP contribution is -2.49. The van der Waals surface area contributed by atoms with Gasteiger partial charge in [-0.3, -0.25) is 9.78 Å². The smallest absolute Gasteiger partial charge is 0.338 e. The molecule has 2 atom stereocenters. The zero-order valence-corrected chi connectivity index (χ0v) is 22.0. The summed E-state index contributed by atoms with van der Waals surface area (Å²) in [5.74, 6) is -0.658. The highest BCUT2D eigenvalue weighted by Gasteiger charge is 2.41. The summed E-state index contributed by atoms with van der Waals surface area (Å²) in [6.45, 7) is 6.13. The molecular weight excluding hydrogens is 484 g/mol. The second-order valence-corrected chi connectivity index (χ2v) is 10.2. The van der Waals surface area contributed by atoms with E-state index < -0.39 is 23.6 Å². The number of nitrogens with zero attached hydrogens (tertiary/aromatic N) is 3. The highest BCUT2D eigenvalue weighted by molar-refractivity contribution is 6.31. The molecule has 1 aromatic carbocycles. The number of aromatic nitrogens is 1. The quantitative estimate of drug-likeness (QED) is 0.564. The maximum Gasteiger partial charge on any atom is 0.338 e. The molecule has 3 amide bonds. The van der Waals surface area contributed by atoms with Crippen LogP contribution < -0.4 is 5.32 Å². The van der Waals surface area contributed by atoms with Gasteiger partial charge in [0, 0.05) is 44.9 Å². The number of benzene rings is 1. The predicted molar refractivity (Wildman–Crippen MR) is 135 cm³/mol. The molecule has 1 aliphatic rings. The van der Waals surface area contributed by atoms with Gasteiger partial charge in [-0.2, -0.15) is 0 Å². The van der Waals surface area contributed by atoms with Crippen LogP contribution in [0.25, 0.3) is 0 Å². The van der Waals surface area contributed by atoms with Crippen LogP contribution >= 0.6 is 11.6 Å². The highest BCUT2D eigenvalue weighted by atomic mass is 35.5. The van der Waals surface area contributed by atoms with E-state index in [0.717, 1.165) is 5.69 Å². The van der Waals surface area contributed by atoms with Crippen molar-refractivity contribution in [3.8, 4) is 0 Å². The van der Waals surface area contributed by atoms with Crippen molar-refractivity contribution in [2.24, 2.45) is 0 Å². The fourth-order valence-corrected chi connectivity index (χ4v) is 4.17. The molecule has 10 heteroatoms. The molecule has 36 heavy (non-hydrogen) atoms. The first-order valence-electron chi connectivity index (χ1n) is 11.7. The van der Waals surface area contributed by atoms with Gasteiger partial charge < -0.3 is 24.6 Å². The third kappa shape index (κ3) is 7.18. The largest absolute Gasteiger partial charge is 0.456 e. The van der Waals surface area contributed by atoms with Gasteiger partial charge in [-0.05, 0) is 50.6 Å². The first-order valence-corrected chi connectivity index (χ1v) is 12.1. The number of methoxy groups -OCH3 is 1. The van der Waals surface area contributed by atoms with Gasteiger partial charge in [0.1, 0.15) is 11.6 Å². The fraction of sp³-hybridized carbons (Fsp3) is 0.462. The summed E-state index contributed by atoms with van der Waals surface area (Å²) in [6.07, 6.45) is 1.83. The lowest BCUT2D eigenvalue weighted by molar-refractivity contribution is -0.134. The number of ether oxygens (including phenoxy) is 2. The van der Waals surface area contributed by atoms with Crippen LogP contribution in [0, 0.1) is 0 Å². The van der Waals surface area contributed by atoms with Crippen LogP contribution in [-0.4, -0.2) is 71.1 Å². The minimum atomic E-state index is -0.659. The molecule has 1 unspecified atom stereocenters. The van der Waals surface area contributed by atoms with Gasteiger partial charge in [0.15, 0.2) is 0 Å². The average Bonchev–Trinajstić information content (AvgIpc) is 3.26.